The van der Waals surface area contributed by atoms with Gasteiger partial charge in [-0.3, -0.25) is 14.4 Å². The molecule has 5 atom stereocenters. The lowest BCUT2D eigenvalue weighted by molar-refractivity contribution is -0.150. The van der Waals surface area contributed by atoms with Gasteiger partial charge in [-0.25, -0.2) is 4.39 Å². The van der Waals surface area contributed by atoms with Crippen LogP contribution < -0.4 is 20.1 Å². The predicted molar refractivity (Wildman–Crippen MR) is 140 cm³/mol. The molecule has 4 rings (SSSR count). The Bertz CT molecular complexity index is 1070. The lowest BCUT2D eigenvalue weighted by Gasteiger charge is -2.34. The molecule has 0 aliphatic heterocycles. The number of carboxylic acid groups (broad SMARTS) is 1. The van der Waals surface area contributed by atoms with Crippen LogP contribution in [0, 0.1) is 34.9 Å². The average Bonchev–Trinajstić information content (AvgIpc) is 3.48. The van der Waals surface area contributed by atoms with Crippen LogP contribution in [0.3, 0.4) is 0 Å². The number of carbonyl (C=O) groups excluding carboxylic acids is 2. The number of amides is 2. The van der Waals surface area contributed by atoms with Gasteiger partial charge in [-0.05, 0) is 82.6 Å². The maximum Gasteiger partial charge on any atom is 0.309 e. The number of hydrogen-bond acceptors (Lipinski definition) is 5. The Kier molecular flexibility index (Phi) is 8.23. The zero-order valence-corrected chi connectivity index (χ0v) is 23.0. The van der Waals surface area contributed by atoms with Crippen molar-refractivity contribution in [1.82, 2.24) is 10.6 Å². The topological polar surface area (TPSA) is 114 Å². The van der Waals surface area contributed by atoms with E-state index in [2.05, 4.69) is 24.5 Å². The number of halogens is 1. The van der Waals surface area contributed by atoms with Crippen LogP contribution in [0.15, 0.2) is 12.1 Å². The molecule has 8 nitrogen and oxygen atoms in total. The van der Waals surface area contributed by atoms with Gasteiger partial charge < -0.3 is 25.2 Å². The van der Waals surface area contributed by atoms with E-state index in [1.807, 2.05) is 6.92 Å². The Balaban J connectivity index is 1.49. The van der Waals surface area contributed by atoms with Crippen molar-refractivity contribution >= 4 is 17.8 Å². The molecule has 3 saturated carbocycles. The van der Waals surface area contributed by atoms with Gasteiger partial charge >= 0.3 is 5.97 Å². The smallest absolute Gasteiger partial charge is 0.309 e. The summed E-state index contributed by atoms with van der Waals surface area (Å²) >= 11 is 0. The number of carboxylic acids is 1. The van der Waals surface area contributed by atoms with Crippen LogP contribution in [-0.2, 0) is 9.59 Å². The van der Waals surface area contributed by atoms with Crippen molar-refractivity contribution in [2.75, 3.05) is 7.11 Å². The quantitative estimate of drug-likeness (QED) is 0.430. The second-order valence-electron chi connectivity index (χ2n) is 12.1. The molecular weight excluding hydrogens is 491 g/mol. The lowest BCUT2D eigenvalue weighted by Crippen LogP contribution is -2.51. The Labute approximate surface area is 224 Å². The molecule has 0 spiro atoms. The number of hydrogen-bond donors (Lipinski definition) is 3. The first kappa shape index (κ1) is 28.2. The van der Waals surface area contributed by atoms with Crippen molar-refractivity contribution < 1.29 is 33.4 Å². The monoisotopic (exact) mass is 532 g/mol. The lowest BCUT2D eigenvalue weighted by atomic mass is 9.75. The molecule has 3 aliphatic rings. The van der Waals surface area contributed by atoms with Gasteiger partial charge in [0.05, 0.1) is 30.1 Å². The van der Waals surface area contributed by atoms with Crippen LogP contribution in [0.25, 0.3) is 0 Å². The highest BCUT2D eigenvalue weighted by molar-refractivity contribution is 5.98. The van der Waals surface area contributed by atoms with E-state index in [0.717, 1.165) is 25.3 Å². The third-order valence-electron chi connectivity index (χ3n) is 9.23. The van der Waals surface area contributed by atoms with Crippen LogP contribution >= 0.6 is 0 Å². The molecule has 0 aromatic heterocycles. The second kappa shape index (κ2) is 11.1. The van der Waals surface area contributed by atoms with Crippen molar-refractivity contribution in [1.29, 1.82) is 0 Å². The molecule has 3 aliphatic carbocycles. The molecule has 3 N–H and O–H groups in total. The van der Waals surface area contributed by atoms with Gasteiger partial charge in [0.15, 0.2) is 11.6 Å². The molecule has 5 unspecified atom stereocenters. The highest BCUT2D eigenvalue weighted by atomic mass is 19.1. The molecule has 2 bridgehead atoms. The van der Waals surface area contributed by atoms with E-state index < -0.39 is 23.1 Å². The van der Waals surface area contributed by atoms with E-state index in [1.165, 1.54) is 13.2 Å². The van der Waals surface area contributed by atoms with Crippen LogP contribution in [0.1, 0.15) is 83.0 Å². The van der Waals surface area contributed by atoms with Crippen LogP contribution in [0.4, 0.5) is 4.39 Å². The summed E-state index contributed by atoms with van der Waals surface area (Å²) in [6, 6.07) is 2.23. The minimum atomic E-state index is -0.836. The molecule has 3 fully saturated rings. The van der Waals surface area contributed by atoms with Gasteiger partial charge in [-0.15, -0.1) is 0 Å². The normalized spacial score (nSPS) is 31.1. The Morgan fingerprint density at radius 3 is 2.32 bits per heavy atom. The SMILES string of the molecule is COc1cc(F)c(OC2CCC(C)(C(=O)O)CC2)cc1C(=O)NC1C2CCC(C2)C1C(=O)NC(C)C(C)C. The Morgan fingerprint density at radius 2 is 1.71 bits per heavy atom. The Hall–Kier alpha value is -2.84. The first-order valence-electron chi connectivity index (χ1n) is 13.8. The van der Waals surface area contributed by atoms with Gasteiger partial charge in [0, 0.05) is 18.2 Å². The van der Waals surface area contributed by atoms with Crippen molar-refractivity contribution in [3.63, 3.8) is 0 Å². The van der Waals surface area contributed by atoms with E-state index in [4.69, 9.17) is 9.47 Å². The number of benzene rings is 1. The first-order chi connectivity index (χ1) is 17.9. The highest BCUT2D eigenvalue weighted by Crippen LogP contribution is 2.49. The fraction of sp³-hybridized carbons (Fsp3) is 0.690. The minimum absolute atomic E-state index is 0.0237. The number of fused-ring (bicyclic) bond motifs is 2. The van der Waals surface area contributed by atoms with Gasteiger partial charge in [0.1, 0.15) is 5.75 Å². The summed E-state index contributed by atoms with van der Waals surface area (Å²) in [6.45, 7) is 7.82. The number of methoxy groups -OCH3 is 1. The average molecular weight is 533 g/mol. The van der Waals surface area contributed by atoms with Crippen LogP contribution in [0.5, 0.6) is 11.5 Å². The third-order valence-corrected chi connectivity index (χ3v) is 9.23. The van der Waals surface area contributed by atoms with Crippen molar-refractivity contribution in [3.8, 4) is 11.5 Å². The number of nitrogens with one attached hydrogen (secondary N) is 2. The zero-order valence-electron chi connectivity index (χ0n) is 23.0. The van der Waals surface area contributed by atoms with Crippen molar-refractivity contribution in [3.05, 3.63) is 23.5 Å². The van der Waals surface area contributed by atoms with Gasteiger partial charge in [-0.1, -0.05) is 13.8 Å². The molecule has 2 amide bonds. The molecule has 210 valence electrons. The van der Waals surface area contributed by atoms with Gasteiger partial charge in [0.25, 0.3) is 5.91 Å². The fourth-order valence-electron chi connectivity index (χ4n) is 6.30. The Morgan fingerprint density at radius 1 is 1.05 bits per heavy atom. The number of rotatable bonds is 9. The van der Waals surface area contributed by atoms with E-state index in [9.17, 15) is 23.9 Å². The third kappa shape index (κ3) is 5.61. The molecule has 38 heavy (non-hydrogen) atoms. The van der Waals surface area contributed by atoms with E-state index >= 15 is 0 Å². The van der Waals surface area contributed by atoms with E-state index in [-0.39, 0.29) is 58.9 Å². The first-order valence-corrected chi connectivity index (χ1v) is 13.8. The van der Waals surface area contributed by atoms with Gasteiger partial charge in [0.2, 0.25) is 5.91 Å². The number of carbonyl (C=O) groups is 3. The number of aliphatic carboxylic acids is 1. The van der Waals surface area contributed by atoms with E-state index in [1.54, 1.807) is 6.92 Å². The molecule has 0 saturated heterocycles. The summed E-state index contributed by atoms with van der Waals surface area (Å²) in [5.41, 5.74) is -0.660. The van der Waals surface area contributed by atoms with Crippen LogP contribution in [0.2, 0.25) is 0 Å². The summed E-state index contributed by atoms with van der Waals surface area (Å²) in [5, 5.41) is 15.7. The van der Waals surface area contributed by atoms with Crippen molar-refractivity contribution in [2.45, 2.75) is 90.8 Å². The maximum atomic E-state index is 14.9. The molecule has 9 heteroatoms. The predicted octanol–water partition coefficient (Wildman–Crippen LogP) is 4.55. The number of ether oxygens (including phenoxy) is 2. The molecule has 1 aromatic rings. The molecule has 1 aromatic carbocycles. The summed E-state index contributed by atoms with van der Waals surface area (Å²) in [7, 11) is 1.38. The molecule has 0 radical (unpaired) electrons. The van der Waals surface area contributed by atoms with Gasteiger partial charge in [-0.2, -0.15) is 0 Å². The van der Waals surface area contributed by atoms with E-state index in [0.29, 0.717) is 31.6 Å². The van der Waals surface area contributed by atoms with Crippen LogP contribution in [-0.4, -0.2) is 48.2 Å². The zero-order chi connectivity index (χ0) is 27.8. The summed E-state index contributed by atoms with van der Waals surface area (Å²) in [5.74, 6) is -1.45. The minimum Gasteiger partial charge on any atom is -0.496 e. The summed E-state index contributed by atoms with van der Waals surface area (Å²) in [6.07, 6.45) is 4.32. The molecule has 0 heterocycles. The standard InChI is InChI=1S/C29H41FN2O6/c1-15(2)16(3)31-27(34)24-17-6-7-18(12-17)25(24)32-26(33)20-13-23(21(30)14-22(20)37-5)38-19-8-10-29(4,11-9-19)28(35)36/h13-19,24-25H,6-12H2,1-5H3,(H,31,34)(H,32,33)(H,35,36). The maximum absolute atomic E-state index is 14.9. The largest absolute Gasteiger partial charge is 0.496 e. The van der Waals surface area contributed by atoms with Crippen molar-refractivity contribution in [2.24, 2.45) is 29.1 Å². The highest BCUT2D eigenvalue weighted by Gasteiger charge is 2.51. The second-order valence-corrected chi connectivity index (χ2v) is 12.1. The fourth-order valence-corrected chi connectivity index (χ4v) is 6.30. The molecular formula is C29H41FN2O6. The summed E-state index contributed by atoms with van der Waals surface area (Å²) < 4.78 is 26.2. The summed E-state index contributed by atoms with van der Waals surface area (Å²) in [4.78, 5) is 38.3.